The second kappa shape index (κ2) is 10.9. The Morgan fingerprint density at radius 3 is 2.51 bits per heavy atom. The van der Waals surface area contributed by atoms with Crippen LogP contribution in [-0.4, -0.2) is 34.6 Å². The molecule has 6 rings (SSSR count). The number of hydrogen-bond acceptors (Lipinski definition) is 5. The number of pyridine rings is 2. The van der Waals surface area contributed by atoms with Crippen molar-refractivity contribution in [3.8, 4) is 17.0 Å². The van der Waals surface area contributed by atoms with Gasteiger partial charge in [-0.15, -0.1) is 0 Å². The zero-order valence-corrected chi connectivity index (χ0v) is 25.5. The van der Waals surface area contributed by atoms with E-state index in [1.54, 1.807) is 33.1 Å². The van der Waals surface area contributed by atoms with Gasteiger partial charge in [0.25, 0.3) is 5.91 Å². The third-order valence-corrected chi connectivity index (χ3v) is 8.83. The molecule has 2 heterocycles. The van der Waals surface area contributed by atoms with Gasteiger partial charge in [0.2, 0.25) is 0 Å². The third-order valence-electron chi connectivity index (χ3n) is 8.11. The van der Waals surface area contributed by atoms with Gasteiger partial charge in [-0.05, 0) is 116 Å². The highest BCUT2D eigenvalue weighted by molar-refractivity contribution is 14.1. The Kier molecular flexibility index (Phi) is 7.48. The lowest BCUT2D eigenvalue weighted by molar-refractivity contribution is 0.0742. The van der Waals surface area contributed by atoms with Gasteiger partial charge in [-0.25, -0.2) is 9.37 Å². The lowest BCUT2D eigenvalue weighted by Gasteiger charge is -2.24. The largest absolute Gasteiger partial charge is 0.494 e. The fraction of sp³-hybridized carbons (Fsp3) is 0.364. The van der Waals surface area contributed by atoms with Crippen LogP contribution in [0.5, 0.6) is 5.75 Å². The molecule has 0 aliphatic heterocycles. The van der Waals surface area contributed by atoms with Crippen molar-refractivity contribution >= 4 is 39.4 Å². The lowest BCUT2D eigenvalue weighted by Crippen LogP contribution is -2.30. The first kappa shape index (κ1) is 28.0. The van der Waals surface area contributed by atoms with Gasteiger partial charge in [-0.3, -0.25) is 9.78 Å². The summed E-state index contributed by atoms with van der Waals surface area (Å²) in [7, 11) is 1.59. The Morgan fingerprint density at radius 1 is 1.15 bits per heavy atom. The molecule has 2 N–H and O–H groups in total. The van der Waals surface area contributed by atoms with E-state index < -0.39 is 11.4 Å². The second-order valence-electron chi connectivity index (χ2n) is 11.8. The van der Waals surface area contributed by atoms with E-state index in [4.69, 9.17) is 9.72 Å². The van der Waals surface area contributed by atoms with E-state index in [1.165, 1.54) is 18.4 Å². The van der Waals surface area contributed by atoms with Crippen LogP contribution in [0.15, 0.2) is 54.7 Å². The molecule has 41 heavy (non-hydrogen) atoms. The molecule has 212 valence electrons. The number of ether oxygens (including phenoxy) is 1. The van der Waals surface area contributed by atoms with E-state index in [2.05, 4.69) is 39.0 Å². The van der Waals surface area contributed by atoms with Crippen molar-refractivity contribution in [1.29, 1.82) is 0 Å². The smallest absolute Gasteiger partial charge is 0.251 e. The van der Waals surface area contributed by atoms with Crippen molar-refractivity contribution in [3.05, 3.63) is 86.5 Å². The summed E-state index contributed by atoms with van der Waals surface area (Å²) in [5.41, 5.74) is 2.78. The number of aromatic nitrogens is 2. The van der Waals surface area contributed by atoms with E-state index >= 15 is 4.39 Å². The summed E-state index contributed by atoms with van der Waals surface area (Å²) in [6.07, 6.45) is 6.27. The molecule has 0 radical (unpaired) electrons. The Labute approximate surface area is 252 Å². The zero-order valence-electron chi connectivity index (χ0n) is 23.4. The number of carbonyl (C=O) groups is 1. The van der Waals surface area contributed by atoms with Gasteiger partial charge in [0.15, 0.2) is 5.82 Å². The minimum absolute atomic E-state index is 0.117. The molecular weight excluding hydrogens is 632 g/mol. The molecule has 1 unspecified atom stereocenters. The topological polar surface area (TPSA) is 84.3 Å². The van der Waals surface area contributed by atoms with Crippen molar-refractivity contribution in [1.82, 2.24) is 15.3 Å². The van der Waals surface area contributed by atoms with Crippen molar-refractivity contribution in [3.63, 3.8) is 0 Å². The van der Waals surface area contributed by atoms with Crippen molar-refractivity contribution in [2.24, 2.45) is 5.92 Å². The molecule has 1 amide bonds. The van der Waals surface area contributed by atoms with Gasteiger partial charge < -0.3 is 15.2 Å². The highest BCUT2D eigenvalue weighted by Crippen LogP contribution is 2.44. The Balaban J connectivity index is 1.31. The molecule has 0 spiro atoms. The number of nitrogens with zero attached hydrogens (tertiary/aromatic N) is 2. The average Bonchev–Trinajstić information content (AvgIpc) is 3.87. The summed E-state index contributed by atoms with van der Waals surface area (Å²) in [6.45, 7) is 3.51. The molecule has 0 saturated heterocycles. The van der Waals surface area contributed by atoms with Crippen molar-refractivity contribution < 1.29 is 19.0 Å². The maximum atomic E-state index is 15.7. The lowest BCUT2D eigenvalue weighted by atomic mass is 9.90. The number of hydrogen-bond donors (Lipinski definition) is 2. The van der Waals surface area contributed by atoms with E-state index in [1.807, 2.05) is 36.5 Å². The first-order valence-corrected chi connectivity index (χ1v) is 15.2. The third kappa shape index (κ3) is 5.95. The minimum Gasteiger partial charge on any atom is -0.494 e. The van der Waals surface area contributed by atoms with E-state index in [-0.39, 0.29) is 23.1 Å². The van der Waals surface area contributed by atoms with Crippen molar-refractivity contribution in [2.45, 2.75) is 57.0 Å². The van der Waals surface area contributed by atoms with Crippen LogP contribution < -0.4 is 10.1 Å². The van der Waals surface area contributed by atoms with Gasteiger partial charge in [-0.2, -0.15) is 0 Å². The normalized spacial score (nSPS) is 16.0. The molecule has 6 nitrogen and oxygen atoms in total. The van der Waals surface area contributed by atoms with Crippen LogP contribution in [0.2, 0.25) is 0 Å². The van der Waals surface area contributed by atoms with Crippen LogP contribution in [-0.2, 0) is 5.60 Å². The molecule has 8 heteroatoms. The van der Waals surface area contributed by atoms with Crippen LogP contribution in [0.1, 0.15) is 78.5 Å². The highest BCUT2D eigenvalue weighted by Gasteiger charge is 2.36. The van der Waals surface area contributed by atoms with Crippen LogP contribution in [0.4, 0.5) is 4.39 Å². The van der Waals surface area contributed by atoms with Crippen LogP contribution in [0.3, 0.4) is 0 Å². The van der Waals surface area contributed by atoms with Crippen LogP contribution in [0, 0.1) is 15.3 Å². The standard InChI is InChI=1S/C33H33FIN3O3/c1-33(2,40)26-15-27(38-31(29(26)34)20-8-10-24(35)11-9-20)25(19-6-7-19)17-37-32(39)22-12-21-13-23(18-4-5-18)16-36-30(21)28(14-22)41-3/h8-16,18-19,25,40H,4-7,17H2,1-3H3,(H,37,39). The molecule has 4 aromatic rings. The average molecular weight is 666 g/mol. The number of halogens is 2. The molecular formula is C33H33FIN3O3. The molecule has 2 aromatic heterocycles. The van der Waals surface area contributed by atoms with Crippen LogP contribution >= 0.6 is 22.6 Å². The summed E-state index contributed by atoms with van der Waals surface area (Å²) in [4.78, 5) is 22.9. The Hall–Kier alpha value is -3.11. The predicted octanol–water partition coefficient (Wildman–Crippen LogP) is 7.08. The second-order valence-corrected chi connectivity index (χ2v) is 13.0. The Bertz CT molecular complexity index is 1630. The zero-order chi connectivity index (χ0) is 28.9. The van der Waals surface area contributed by atoms with Crippen molar-refractivity contribution in [2.75, 3.05) is 13.7 Å². The van der Waals surface area contributed by atoms with Gasteiger partial charge in [0, 0.05) is 50.0 Å². The molecule has 2 aromatic carbocycles. The number of rotatable bonds is 9. The number of methoxy groups -OCH3 is 1. The van der Waals surface area contributed by atoms with Gasteiger partial charge in [-0.1, -0.05) is 12.1 Å². The summed E-state index contributed by atoms with van der Waals surface area (Å²) in [5.74, 6) is 0.582. The fourth-order valence-electron chi connectivity index (χ4n) is 5.46. The van der Waals surface area contributed by atoms with Gasteiger partial charge >= 0.3 is 0 Å². The van der Waals surface area contributed by atoms with E-state index in [0.29, 0.717) is 41.0 Å². The number of benzene rings is 2. The minimum atomic E-state index is -1.40. The van der Waals surface area contributed by atoms with E-state index in [9.17, 15) is 9.90 Å². The van der Waals surface area contributed by atoms with Gasteiger partial charge in [0.05, 0.1) is 12.7 Å². The summed E-state index contributed by atoms with van der Waals surface area (Å²) >= 11 is 2.21. The molecule has 2 aliphatic rings. The number of amides is 1. The maximum Gasteiger partial charge on any atom is 0.251 e. The monoisotopic (exact) mass is 665 g/mol. The molecule has 2 fully saturated rings. The Morgan fingerprint density at radius 2 is 1.88 bits per heavy atom. The molecule has 0 bridgehead atoms. The number of aliphatic hydroxyl groups is 1. The summed E-state index contributed by atoms with van der Waals surface area (Å²) in [5, 5.41) is 14.8. The number of carbonyl (C=O) groups excluding carboxylic acids is 1. The fourth-order valence-corrected chi connectivity index (χ4v) is 5.82. The predicted molar refractivity (Wildman–Crippen MR) is 166 cm³/mol. The maximum absolute atomic E-state index is 15.7. The molecule has 2 saturated carbocycles. The molecule has 1 atom stereocenters. The first-order valence-electron chi connectivity index (χ1n) is 14.1. The van der Waals surface area contributed by atoms with Gasteiger partial charge in [0.1, 0.15) is 17.0 Å². The van der Waals surface area contributed by atoms with E-state index in [0.717, 1.165) is 27.3 Å². The summed E-state index contributed by atoms with van der Waals surface area (Å²) < 4.78 is 22.3. The summed E-state index contributed by atoms with van der Waals surface area (Å²) in [6, 6.07) is 14.9. The molecule has 2 aliphatic carbocycles. The SMILES string of the molecule is COc1cc(C(=O)NCC(c2cc(C(C)(C)O)c(F)c(-c3ccc(I)cc3)n2)C2CC2)cc2cc(C3CC3)cnc12. The highest BCUT2D eigenvalue weighted by atomic mass is 127. The quantitative estimate of drug-likeness (QED) is 0.187. The number of nitrogens with one attached hydrogen (secondary N) is 1. The first-order chi connectivity index (χ1) is 19.6. The van der Waals surface area contributed by atoms with Crippen LogP contribution in [0.25, 0.3) is 22.2 Å². The number of fused-ring (bicyclic) bond motifs is 1.